The van der Waals surface area contributed by atoms with Gasteiger partial charge in [0, 0.05) is 12.1 Å². The van der Waals surface area contributed by atoms with Crippen LogP contribution in [0.2, 0.25) is 0 Å². The van der Waals surface area contributed by atoms with Gasteiger partial charge in [0.25, 0.3) is 0 Å². The van der Waals surface area contributed by atoms with Gasteiger partial charge in [0.1, 0.15) is 0 Å². The maximum absolute atomic E-state index is 3.73. The lowest BCUT2D eigenvalue weighted by atomic mass is 9.92. The fourth-order valence-electron chi connectivity index (χ4n) is 4.10. The van der Waals surface area contributed by atoms with Crippen LogP contribution in [0, 0.1) is 0 Å². The zero-order chi connectivity index (χ0) is 14.5. The van der Waals surface area contributed by atoms with Crippen LogP contribution in [-0.4, -0.2) is 36.6 Å². The minimum absolute atomic E-state index is 0.672. The monoisotopic (exact) mass is 286 g/mol. The summed E-state index contributed by atoms with van der Waals surface area (Å²) in [4.78, 5) is 2.78. The fraction of sp³-hybridized carbons (Fsp3) is 0.684. The first-order valence-electron chi connectivity index (χ1n) is 8.87. The third-order valence-electron chi connectivity index (χ3n) is 5.45. The van der Waals surface area contributed by atoms with Gasteiger partial charge in [-0.2, -0.15) is 0 Å². The maximum Gasteiger partial charge on any atom is 0.0249 e. The summed E-state index contributed by atoms with van der Waals surface area (Å²) in [5.74, 6) is 0.672. The zero-order valence-corrected chi connectivity index (χ0v) is 13.4. The highest BCUT2D eigenvalue weighted by molar-refractivity contribution is 5.18. The van der Waals surface area contributed by atoms with Gasteiger partial charge >= 0.3 is 0 Å². The Morgan fingerprint density at radius 3 is 2.76 bits per heavy atom. The van der Waals surface area contributed by atoms with Gasteiger partial charge < -0.3 is 5.32 Å². The summed E-state index contributed by atoms with van der Waals surface area (Å²) in [5.41, 5.74) is 1.49. The number of hydrogen-bond donors (Lipinski definition) is 1. The molecule has 1 aromatic rings. The van der Waals surface area contributed by atoms with Gasteiger partial charge in [-0.1, -0.05) is 43.7 Å². The molecule has 1 aromatic carbocycles. The molecule has 3 rings (SSSR count). The second kappa shape index (κ2) is 7.42. The summed E-state index contributed by atoms with van der Waals surface area (Å²) in [6.45, 7) is 6.18. The van der Waals surface area contributed by atoms with E-state index >= 15 is 0 Å². The first kappa shape index (κ1) is 15.1. The molecular weight excluding hydrogens is 256 g/mol. The van der Waals surface area contributed by atoms with Gasteiger partial charge in [0.05, 0.1) is 0 Å². The SMILES string of the molecule is CC(CCN1CCCCC1C1CCCN1)c1ccccc1. The minimum atomic E-state index is 0.672. The van der Waals surface area contributed by atoms with E-state index in [0.717, 1.165) is 12.1 Å². The summed E-state index contributed by atoms with van der Waals surface area (Å²) >= 11 is 0. The van der Waals surface area contributed by atoms with Gasteiger partial charge in [-0.15, -0.1) is 0 Å². The second-order valence-corrected chi connectivity index (χ2v) is 6.90. The predicted molar refractivity (Wildman–Crippen MR) is 89.7 cm³/mol. The van der Waals surface area contributed by atoms with E-state index in [9.17, 15) is 0 Å². The van der Waals surface area contributed by atoms with Crippen LogP contribution >= 0.6 is 0 Å². The van der Waals surface area contributed by atoms with Crippen molar-refractivity contribution < 1.29 is 0 Å². The molecule has 0 aromatic heterocycles. The average molecular weight is 286 g/mol. The molecule has 0 saturated carbocycles. The molecule has 2 aliphatic heterocycles. The molecule has 0 amide bonds. The Bertz CT molecular complexity index is 411. The van der Waals surface area contributed by atoms with Crippen molar-refractivity contribution in [1.82, 2.24) is 10.2 Å². The van der Waals surface area contributed by atoms with Crippen LogP contribution in [0.1, 0.15) is 56.9 Å². The third kappa shape index (κ3) is 3.87. The van der Waals surface area contributed by atoms with Crippen LogP contribution in [0.25, 0.3) is 0 Å². The second-order valence-electron chi connectivity index (χ2n) is 6.90. The van der Waals surface area contributed by atoms with Crippen molar-refractivity contribution in [3.8, 4) is 0 Å². The van der Waals surface area contributed by atoms with Gasteiger partial charge in [-0.3, -0.25) is 4.90 Å². The van der Waals surface area contributed by atoms with E-state index in [2.05, 4.69) is 47.5 Å². The summed E-state index contributed by atoms with van der Waals surface area (Å²) in [7, 11) is 0. The van der Waals surface area contributed by atoms with E-state index in [4.69, 9.17) is 0 Å². The van der Waals surface area contributed by atoms with Crippen molar-refractivity contribution in [2.75, 3.05) is 19.6 Å². The molecule has 2 heteroatoms. The van der Waals surface area contributed by atoms with Crippen LogP contribution in [0.4, 0.5) is 0 Å². The lowest BCUT2D eigenvalue weighted by Gasteiger charge is -2.39. The molecule has 0 aliphatic carbocycles. The molecule has 2 aliphatic rings. The lowest BCUT2D eigenvalue weighted by Crippen LogP contribution is -2.50. The first-order chi connectivity index (χ1) is 10.3. The van der Waals surface area contributed by atoms with Crippen LogP contribution < -0.4 is 5.32 Å². The molecule has 1 N–H and O–H groups in total. The van der Waals surface area contributed by atoms with E-state index in [-0.39, 0.29) is 0 Å². The summed E-state index contributed by atoms with van der Waals surface area (Å²) in [5, 5.41) is 3.73. The number of likely N-dealkylation sites (tertiary alicyclic amines) is 1. The van der Waals surface area contributed by atoms with Gasteiger partial charge in [0.15, 0.2) is 0 Å². The predicted octanol–water partition coefficient (Wildman–Crippen LogP) is 3.79. The van der Waals surface area contributed by atoms with Crippen molar-refractivity contribution in [3.05, 3.63) is 35.9 Å². The van der Waals surface area contributed by atoms with Crippen LogP contribution in [-0.2, 0) is 0 Å². The van der Waals surface area contributed by atoms with Crippen molar-refractivity contribution in [2.45, 2.75) is 63.5 Å². The van der Waals surface area contributed by atoms with Crippen molar-refractivity contribution >= 4 is 0 Å². The van der Waals surface area contributed by atoms with E-state index < -0.39 is 0 Å². The van der Waals surface area contributed by atoms with Gasteiger partial charge in [-0.25, -0.2) is 0 Å². The summed E-state index contributed by atoms with van der Waals surface area (Å²) in [6, 6.07) is 12.5. The Hall–Kier alpha value is -0.860. The zero-order valence-electron chi connectivity index (χ0n) is 13.4. The number of rotatable bonds is 5. The molecule has 116 valence electrons. The number of piperidine rings is 1. The van der Waals surface area contributed by atoms with E-state index in [0.29, 0.717) is 5.92 Å². The van der Waals surface area contributed by atoms with E-state index in [1.165, 1.54) is 63.7 Å². The van der Waals surface area contributed by atoms with E-state index in [1.807, 2.05) is 0 Å². The quantitative estimate of drug-likeness (QED) is 0.886. The third-order valence-corrected chi connectivity index (χ3v) is 5.45. The number of nitrogens with one attached hydrogen (secondary N) is 1. The largest absolute Gasteiger partial charge is 0.312 e. The molecule has 2 heterocycles. The highest BCUT2D eigenvalue weighted by Crippen LogP contribution is 2.26. The minimum Gasteiger partial charge on any atom is -0.312 e. The van der Waals surface area contributed by atoms with Gasteiger partial charge in [-0.05, 0) is 63.2 Å². The number of benzene rings is 1. The molecular formula is C19H30N2. The summed E-state index contributed by atoms with van der Waals surface area (Å²) < 4.78 is 0. The molecule has 3 unspecified atom stereocenters. The van der Waals surface area contributed by atoms with Crippen molar-refractivity contribution in [2.24, 2.45) is 0 Å². The molecule has 2 nitrogen and oxygen atoms in total. The highest BCUT2D eigenvalue weighted by Gasteiger charge is 2.31. The maximum atomic E-state index is 3.73. The van der Waals surface area contributed by atoms with Crippen molar-refractivity contribution in [3.63, 3.8) is 0 Å². The molecule has 2 fully saturated rings. The van der Waals surface area contributed by atoms with Gasteiger partial charge in [0.2, 0.25) is 0 Å². The average Bonchev–Trinajstić information content (AvgIpc) is 3.08. The summed E-state index contributed by atoms with van der Waals surface area (Å²) in [6.07, 6.45) is 8.26. The topological polar surface area (TPSA) is 15.3 Å². The molecule has 2 saturated heterocycles. The van der Waals surface area contributed by atoms with Crippen molar-refractivity contribution in [1.29, 1.82) is 0 Å². The van der Waals surface area contributed by atoms with Crippen LogP contribution in [0.3, 0.4) is 0 Å². The highest BCUT2D eigenvalue weighted by atomic mass is 15.2. The Morgan fingerprint density at radius 1 is 1.14 bits per heavy atom. The Kier molecular flexibility index (Phi) is 5.32. The van der Waals surface area contributed by atoms with E-state index in [1.54, 1.807) is 0 Å². The molecule has 0 radical (unpaired) electrons. The molecule has 3 atom stereocenters. The molecule has 0 bridgehead atoms. The van der Waals surface area contributed by atoms with Crippen LogP contribution in [0.5, 0.6) is 0 Å². The fourth-order valence-corrected chi connectivity index (χ4v) is 4.10. The first-order valence-corrected chi connectivity index (χ1v) is 8.87. The van der Waals surface area contributed by atoms with Crippen LogP contribution in [0.15, 0.2) is 30.3 Å². The lowest BCUT2D eigenvalue weighted by molar-refractivity contribution is 0.116. The standard InChI is InChI=1S/C19H30N2/c1-16(17-8-3-2-4-9-17)12-15-21-14-6-5-11-19(21)18-10-7-13-20-18/h2-4,8-9,16,18-20H,5-7,10-15H2,1H3. The molecule has 21 heavy (non-hydrogen) atoms. The Morgan fingerprint density at radius 2 is 2.00 bits per heavy atom. The Labute approximate surface area is 129 Å². The normalized spacial score (nSPS) is 28.6. The number of nitrogens with zero attached hydrogens (tertiary/aromatic N) is 1. The smallest absolute Gasteiger partial charge is 0.0249 e. The number of hydrogen-bond acceptors (Lipinski definition) is 2. The molecule has 0 spiro atoms. The Balaban J connectivity index is 1.54.